The maximum Gasteiger partial charge on any atom is 0.310 e. The van der Waals surface area contributed by atoms with Gasteiger partial charge in [-0.2, -0.15) is 0 Å². The molecule has 0 unspecified atom stereocenters. The van der Waals surface area contributed by atoms with Gasteiger partial charge in [0.25, 0.3) is 0 Å². The predicted octanol–water partition coefficient (Wildman–Crippen LogP) is 3.07. The standard InChI is InChI=1S/C20H17NO5/c22-19(17-15-10-11-16(26-15)18(17)20(23)24)21-12-6-8-14(9-7-12)25-13-4-2-1-3-5-13/h1-11,15-18H,(H,21,22)(H,23,24)/t15-,16-,17+,18+/m1/s1. The van der Waals surface area contributed by atoms with Crippen molar-refractivity contribution in [1.82, 2.24) is 0 Å². The third kappa shape index (κ3) is 3.07. The molecule has 1 saturated heterocycles. The zero-order valence-corrected chi connectivity index (χ0v) is 13.7. The van der Waals surface area contributed by atoms with E-state index in [9.17, 15) is 14.7 Å². The van der Waals surface area contributed by atoms with Crippen LogP contribution in [0.25, 0.3) is 0 Å². The Bertz CT molecular complexity index is 846. The topological polar surface area (TPSA) is 84.9 Å². The molecule has 2 bridgehead atoms. The van der Waals surface area contributed by atoms with E-state index in [-0.39, 0.29) is 5.91 Å². The third-order valence-corrected chi connectivity index (χ3v) is 4.59. The number of fused-ring (bicyclic) bond motifs is 2. The Morgan fingerprint density at radius 2 is 1.50 bits per heavy atom. The molecule has 2 aromatic rings. The van der Waals surface area contributed by atoms with E-state index in [2.05, 4.69) is 5.32 Å². The van der Waals surface area contributed by atoms with Gasteiger partial charge in [-0.1, -0.05) is 30.4 Å². The van der Waals surface area contributed by atoms with Gasteiger partial charge in [-0.15, -0.1) is 0 Å². The summed E-state index contributed by atoms with van der Waals surface area (Å²) in [6.07, 6.45) is 2.45. The molecule has 6 nitrogen and oxygen atoms in total. The van der Waals surface area contributed by atoms with Gasteiger partial charge < -0.3 is 19.9 Å². The fraction of sp³-hybridized carbons (Fsp3) is 0.200. The van der Waals surface area contributed by atoms with Crippen LogP contribution >= 0.6 is 0 Å². The Labute approximate surface area is 150 Å². The van der Waals surface area contributed by atoms with E-state index < -0.39 is 30.0 Å². The number of hydrogen-bond donors (Lipinski definition) is 2. The molecule has 0 radical (unpaired) electrons. The average molecular weight is 351 g/mol. The molecule has 4 rings (SSSR count). The molecule has 0 aliphatic carbocycles. The zero-order valence-electron chi connectivity index (χ0n) is 13.7. The predicted molar refractivity (Wildman–Crippen MR) is 94.0 cm³/mol. The first-order valence-electron chi connectivity index (χ1n) is 8.32. The van der Waals surface area contributed by atoms with Crippen molar-refractivity contribution in [2.45, 2.75) is 12.2 Å². The summed E-state index contributed by atoms with van der Waals surface area (Å²) >= 11 is 0. The van der Waals surface area contributed by atoms with Crippen molar-refractivity contribution in [3.63, 3.8) is 0 Å². The summed E-state index contributed by atoms with van der Waals surface area (Å²) in [4.78, 5) is 24.0. The van der Waals surface area contributed by atoms with Crippen LogP contribution in [0.15, 0.2) is 66.7 Å². The van der Waals surface area contributed by atoms with Crippen LogP contribution in [0.5, 0.6) is 11.5 Å². The fourth-order valence-electron chi connectivity index (χ4n) is 3.37. The highest BCUT2D eigenvalue weighted by Gasteiger charge is 2.53. The minimum Gasteiger partial charge on any atom is -0.481 e. The summed E-state index contributed by atoms with van der Waals surface area (Å²) < 4.78 is 11.2. The van der Waals surface area contributed by atoms with Crippen LogP contribution in [0.1, 0.15) is 0 Å². The molecule has 2 aliphatic heterocycles. The van der Waals surface area contributed by atoms with Gasteiger partial charge in [-0.05, 0) is 36.4 Å². The highest BCUT2D eigenvalue weighted by Crippen LogP contribution is 2.40. The first kappa shape index (κ1) is 16.4. The van der Waals surface area contributed by atoms with Gasteiger partial charge in [0.2, 0.25) is 5.91 Å². The largest absolute Gasteiger partial charge is 0.481 e. The summed E-state index contributed by atoms with van der Waals surface area (Å²) in [6, 6.07) is 16.3. The van der Waals surface area contributed by atoms with Crippen LogP contribution in [-0.4, -0.2) is 29.2 Å². The highest BCUT2D eigenvalue weighted by atomic mass is 16.5. The van der Waals surface area contributed by atoms with E-state index in [1.54, 1.807) is 36.4 Å². The van der Waals surface area contributed by atoms with Gasteiger partial charge >= 0.3 is 5.97 Å². The molecule has 132 valence electrons. The van der Waals surface area contributed by atoms with Crippen LogP contribution < -0.4 is 10.1 Å². The van der Waals surface area contributed by atoms with Crippen LogP contribution in [0.2, 0.25) is 0 Å². The molecule has 1 fully saturated rings. The van der Waals surface area contributed by atoms with Gasteiger partial charge in [0, 0.05) is 5.69 Å². The SMILES string of the molecule is O=C(O)[C@@H]1[C@@H](C(=O)Nc2ccc(Oc3ccccc3)cc2)[C@H]2C=C[C@H]1O2. The second-order valence-electron chi connectivity index (χ2n) is 6.27. The molecule has 2 aromatic carbocycles. The summed E-state index contributed by atoms with van der Waals surface area (Å²) in [7, 11) is 0. The second-order valence-corrected chi connectivity index (χ2v) is 6.27. The molecule has 0 aromatic heterocycles. The Morgan fingerprint density at radius 3 is 2.15 bits per heavy atom. The van der Waals surface area contributed by atoms with Gasteiger partial charge in [-0.25, -0.2) is 0 Å². The number of nitrogens with one attached hydrogen (secondary N) is 1. The molecule has 2 heterocycles. The Hall–Kier alpha value is -3.12. The summed E-state index contributed by atoms with van der Waals surface area (Å²) in [6.45, 7) is 0. The number of carboxylic acids is 1. The van der Waals surface area contributed by atoms with E-state index in [1.807, 2.05) is 30.3 Å². The molecule has 26 heavy (non-hydrogen) atoms. The van der Waals surface area contributed by atoms with Gasteiger partial charge in [0.1, 0.15) is 17.4 Å². The second kappa shape index (κ2) is 6.65. The number of hydrogen-bond acceptors (Lipinski definition) is 4. The molecule has 6 heteroatoms. The van der Waals surface area contributed by atoms with E-state index in [4.69, 9.17) is 9.47 Å². The van der Waals surface area contributed by atoms with Crippen LogP contribution in [-0.2, 0) is 14.3 Å². The fourth-order valence-corrected chi connectivity index (χ4v) is 3.37. The zero-order chi connectivity index (χ0) is 18.1. The van der Waals surface area contributed by atoms with E-state index in [0.717, 1.165) is 5.75 Å². The van der Waals surface area contributed by atoms with E-state index in [0.29, 0.717) is 11.4 Å². The number of anilines is 1. The van der Waals surface area contributed by atoms with Crippen LogP contribution in [0.4, 0.5) is 5.69 Å². The average Bonchev–Trinajstić information content (AvgIpc) is 3.25. The maximum absolute atomic E-state index is 12.6. The lowest BCUT2D eigenvalue weighted by Crippen LogP contribution is -2.39. The molecule has 4 atom stereocenters. The quantitative estimate of drug-likeness (QED) is 0.809. The number of benzene rings is 2. The minimum absolute atomic E-state index is 0.356. The normalized spacial score (nSPS) is 25.8. The Kier molecular flexibility index (Phi) is 4.18. The monoisotopic (exact) mass is 351 g/mol. The summed E-state index contributed by atoms with van der Waals surface area (Å²) in [5.41, 5.74) is 0.575. The van der Waals surface area contributed by atoms with Gasteiger partial charge in [0.15, 0.2) is 0 Å². The Balaban J connectivity index is 1.43. The number of para-hydroxylation sites is 1. The highest BCUT2D eigenvalue weighted by molar-refractivity contribution is 5.96. The van der Waals surface area contributed by atoms with Crippen molar-refractivity contribution in [2.24, 2.45) is 11.8 Å². The summed E-state index contributed by atoms with van der Waals surface area (Å²) in [5, 5.41) is 12.2. The molecular formula is C20H17NO5. The lowest BCUT2D eigenvalue weighted by Gasteiger charge is -2.21. The van der Waals surface area contributed by atoms with Crippen molar-refractivity contribution in [2.75, 3.05) is 5.32 Å². The van der Waals surface area contributed by atoms with Crippen molar-refractivity contribution in [1.29, 1.82) is 0 Å². The smallest absolute Gasteiger partial charge is 0.310 e. The number of carbonyl (C=O) groups excluding carboxylic acids is 1. The lowest BCUT2D eigenvalue weighted by molar-refractivity contribution is -0.145. The number of amides is 1. The Morgan fingerprint density at radius 1 is 0.885 bits per heavy atom. The first-order chi connectivity index (χ1) is 12.6. The maximum atomic E-state index is 12.6. The molecule has 2 aliphatic rings. The van der Waals surface area contributed by atoms with Crippen molar-refractivity contribution < 1.29 is 24.2 Å². The molecule has 2 N–H and O–H groups in total. The van der Waals surface area contributed by atoms with Crippen LogP contribution in [0, 0.1) is 11.8 Å². The first-order valence-corrected chi connectivity index (χ1v) is 8.32. The number of carboxylic acid groups (broad SMARTS) is 1. The van der Waals surface area contributed by atoms with Crippen LogP contribution in [0.3, 0.4) is 0 Å². The lowest BCUT2D eigenvalue weighted by atomic mass is 9.82. The number of aliphatic carboxylic acids is 1. The van der Waals surface area contributed by atoms with Gasteiger partial charge in [-0.3, -0.25) is 9.59 Å². The molecule has 1 amide bonds. The third-order valence-electron chi connectivity index (χ3n) is 4.59. The van der Waals surface area contributed by atoms with Gasteiger partial charge in [0.05, 0.1) is 18.1 Å². The van der Waals surface area contributed by atoms with E-state index in [1.165, 1.54) is 0 Å². The number of rotatable bonds is 5. The minimum atomic E-state index is -1.02. The number of carbonyl (C=O) groups is 2. The number of ether oxygens (including phenoxy) is 2. The molecule has 0 spiro atoms. The van der Waals surface area contributed by atoms with Crippen molar-refractivity contribution >= 4 is 17.6 Å². The molecule has 0 saturated carbocycles. The van der Waals surface area contributed by atoms with Crippen molar-refractivity contribution in [3.05, 3.63) is 66.7 Å². The molecular weight excluding hydrogens is 334 g/mol. The van der Waals surface area contributed by atoms with Crippen molar-refractivity contribution in [3.8, 4) is 11.5 Å². The summed E-state index contributed by atoms with van der Waals surface area (Å²) in [5.74, 6) is -1.60. The van der Waals surface area contributed by atoms with E-state index >= 15 is 0 Å².